The first-order chi connectivity index (χ1) is 6.77. The largest absolute Gasteiger partial charge is 0.373 e. The summed E-state index contributed by atoms with van der Waals surface area (Å²) in [5, 5.41) is 6.10. The molecule has 1 fully saturated rings. The Kier molecular flexibility index (Phi) is 4.62. The normalized spacial score (nSPS) is 23.9. The van der Waals surface area contributed by atoms with Crippen molar-refractivity contribution in [2.24, 2.45) is 0 Å². The minimum Gasteiger partial charge on any atom is -0.373 e. The van der Waals surface area contributed by atoms with Crippen molar-refractivity contribution >= 4 is 5.91 Å². The molecular weight excluding hydrogens is 180 g/mol. The highest BCUT2D eigenvalue weighted by atomic mass is 16.5. The topological polar surface area (TPSA) is 50.4 Å². The van der Waals surface area contributed by atoms with Crippen LogP contribution in [0.4, 0.5) is 0 Å². The molecule has 1 rings (SSSR count). The van der Waals surface area contributed by atoms with E-state index < -0.39 is 0 Å². The van der Waals surface area contributed by atoms with Crippen LogP contribution in [0, 0.1) is 0 Å². The molecule has 0 saturated carbocycles. The van der Waals surface area contributed by atoms with Crippen LogP contribution in [0.15, 0.2) is 12.7 Å². The van der Waals surface area contributed by atoms with Crippen LogP contribution in [0.2, 0.25) is 0 Å². The Morgan fingerprint density at radius 3 is 3.14 bits per heavy atom. The number of amides is 1. The zero-order valence-corrected chi connectivity index (χ0v) is 8.58. The summed E-state index contributed by atoms with van der Waals surface area (Å²) in [5.74, 6) is -0.133. The first kappa shape index (κ1) is 11.2. The maximum Gasteiger partial charge on any atom is 0.243 e. The predicted octanol–water partition coefficient (Wildman–Crippen LogP) is 0.0556. The first-order valence-corrected chi connectivity index (χ1v) is 5.03. The number of ether oxygens (including phenoxy) is 1. The molecule has 14 heavy (non-hydrogen) atoms. The van der Waals surface area contributed by atoms with E-state index in [4.69, 9.17) is 4.74 Å². The van der Waals surface area contributed by atoms with Crippen LogP contribution in [0.25, 0.3) is 0 Å². The minimum atomic E-state index is -0.133. The fourth-order valence-corrected chi connectivity index (χ4v) is 1.54. The standard InChI is InChI=1S/C10H18N2O2/c1-3-8(12-10(13)4-2)9-7-11-5-6-14-9/h4,8-9,11H,2-3,5-7H2,1H3,(H,12,13). The number of carbonyl (C=O) groups excluding carboxylic acids is 1. The third-order valence-electron chi connectivity index (χ3n) is 2.36. The second-order valence-corrected chi connectivity index (χ2v) is 3.34. The van der Waals surface area contributed by atoms with Crippen LogP contribution in [0.5, 0.6) is 0 Å². The van der Waals surface area contributed by atoms with Crippen molar-refractivity contribution in [3.8, 4) is 0 Å². The highest BCUT2D eigenvalue weighted by Crippen LogP contribution is 2.05. The van der Waals surface area contributed by atoms with Crippen molar-refractivity contribution in [2.45, 2.75) is 25.5 Å². The summed E-state index contributed by atoms with van der Waals surface area (Å²) in [5.41, 5.74) is 0. The molecule has 0 aromatic heterocycles. The van der Waals surface area contributed by atoms with Gasteiger partial charge in [-0.15, -0.1) is 0 Å². The number of rotatable bonds is 4. The van der Waals surface area contributed by atoms with Crippen molar-refractivity contribution in [3.63, 3.8) is 0 Å². The Hall–Kier alpha value is -0.870. The molecule has 2 unspecified atom stereocenters. The van der Waals surface area contributed by atoms with Gasteiger partial charge >= 0.3 is 0 Å². The molecule has 2 N–H and O–H groups in total. The lowest BCUT2D eigenvalue weighted by molar-refractivity contribution is -0.118. The van der Waals surface area contributed by atoms with E-state index in [-0.39, 0.29) is 18.1 Å². The molecule has 1 aliphatic rings. The molecule has 0 radical (unpaired) electrons. The lowest BCUT2D eigenvalue weighted by Gasteiger charge is -2.30. The molecule has 4 heteroatoms. The molecule has 1 aliphatic heterocycles. The van der Waals surface area contributed by atoms with E-state index in [9.17, 15) is 4.79 Å². The molecule has 1 heterocycles. The van der Waals surface area contributed by atoms with Crippen LogP contribution in [0.3, 0.4) is 0 Å². The van der Waals surface area contributed by atoms with Crippen molar-refractivity contribution in [2.75, 3.05) is 19.7 Å². The molecule has 0 spiro atoms. The fraction of sp³-hybridized carbons (Fsp3) is 0.700. The molecule has 1 saturated heterocycles. The molecule has 0 aliphatic carbocycles. The van der Waals surface area contributed by atoms with E-state index in [1.54, 1.807) is 0 Å². The lowest BCUT2D eigenvalue weighted by Crippen LogP contribution is -2.51. The van der Waals surface area contributed by atoms with Gasteiger partial charge in [0.05, 0.1) is 18.8 Å². The van der Waals surface area contributed by atoms with E-state index >= 15 is 0 Å². The SMILES string of the molecule is C=CC(=O)NC(CC)C1CNCCO1. The maximum absolute atomic E-state index is 11.1. The quantitative estimate of drug-likeness (QED) is 0.628. The molecule has 4 nitrogen and oxygen atoms in total. The van der Waals surface area contributed by atoms with E-state index in [0.717, 1.165) is 19.5 Å². The highest BCUT2D eigenvalue weighted by Gasteiger charge is 2.23. The van der Waals surface area contributed by atoms with Gasteiger partial charge in [-0.1, -0.05) is 13.5 Å². The lowest BCUT2D eigenvalue weighted by atomic mass is 10.1. The van der Waals surface area contributed by atoms with Crippen molar-refractivity contribution in [1.82, 2.24) is 10.6 Å². The van der Waals surface area contributed by atoms with E-state index in [1.165, 1.54) is 6.08 Å². The molecule has 0 aromatic carbocycles. The zero-order chi connectivity index (χ0) is 10.4. The monoisotopic (exact) mass is 198 g/mol. The molecule has 0 bridgehead atoms. The summed E-state index contributed by atoms with van der Waals surface area (Å²) in [7, 11) is 0. The Morgan fingerprint density at radius 2 is 2.64 bits per heavy atom. The average molecular weight is 198 g/mol. The van der Waals surface area contributed by atoms with Crippen molar-refractivity contribution in [1.29, 1.82) is 0 Å². The number of hydrogen-bond acceptors (Lipinski definition) is 3. The van der Waals surface area contributed by atoms with Gasteiger partial charge < -0.3 is 15.4 Å². The Morgan fingerprint density at radius 1 is 1.86 bits per heavy atom. The number of morpholine rings is 1. The van der Waals surface area contributed by atoms with Crippen LogP contribution in [-0.4, -0.2) is 37.7 Å². The average Bonchev–Trinajstić information content (AvgIpc) is 2.26. The van der Waals surface area contributed by atoms with E-state index in [1.807, 2.05) is 6.92 Å². The zero-order valence-electron chi connectivity index (χ0n) is 8.58. The summed E-state index contributed by atoms with van der Waals surface area (Å²) in [4.78, 5) is 11.1. The van der Waals surface area contributed by atoms with Gasteiger partial charge in [-0.2, -0.15) is 0 Å². The third kappa shape index (κ3) is 3.12. The van der Waals surface area contributed by atoms with Gasteiger partial charge in [0.2, 0.25) is 5.91 Å². The van der Waals surface area contributed by atoms with Crippen LogP contribution >= 0.6 is 0 Å². The molecule has 80 valence electrons. The maximum atomic E-state index is 11.1. The van der Waals surface area contributed by atoms with Gasteiger partial charge in [0.15, 0.2) is 0 Å². The number of nitrogens with one attached hydrogen (secondary N) is 2. The van der Waals surface area contributed by atoms with Crippen molar-refractivity contribution < 1.29 is 9.53 Å². The van der Waals surface area contributed by atoms with E-state index in [2.05, 4.69) is 17.2 Å². The van der Waals surface area contributed by atoms with Gasteiger partial charge in [-0.25, -0.2) is 0 Å². The highest BCUT2D eigenvalue weighted by molar-refractivity contribution is 5.87. The van der Waals surface area contributed by atoms with Crippen LogP contribution in [0.1, 0.15) is 13.3 Å². The van der Waals surface area contributed by atoms with Crippen LogP contribution < -0.4 is 10.6 Å². The van der Waals surface area contributed by atoms with Gasteiger partial charge in [0, 0.05) is 13.1 Å². The molecule has 1 amide bonds. The Labute approximate surface area is 84.7 Å². The van der Waals surface area contributed by atoms with Crippen molar-refractivity contribution in [3.05, 3.63) is 12.7 Å². The summed E-state index contributed by atoms with van der Waals surface area (Å²) >= 11 is 0. The van der Waals surface area contributed by atoms with Gasteiger partial charge in [0.25, 0.3) is 0 Å². The van der Waals surface area contributed by atoms with Gasteiger partial charge in [0.1, 0.15) is 0 Å². The second kappa shape index (κ2) is 5.78. The second-order valence-electron chi connectivity index (χ2n) is 3.34. The fourth-order valence-electron chi connectivity index (χ4n) is 1.54. The predicted molar refractivity (Wildman–Crippen MR) is 55.0 cm³/mol. The summed E-state index contributed by atoms with van der Waals surface area (Å²) < 4.78 is 5.56. The smallest absolute Gasteiger partial charge is 0.243 e. The summed E-state index contributed by atoms with van der Waals surface area (Å²) in [6.45, 7) is 7.86. The molecular formula is C10H18N2O2. The number of carbonyl (C=O) groups is 1. The summed E-state index contributed by atoms with van der Waals surface area (Å²) in [6.07, 6.45) is 2.24. The van der Waals surface area contributed by atoms with Crippen LogP contribution in [-0.2, 0) is 9.53 Å². The molecule has 2 atom stereocenters. The number of hydrogen-bond donors (Lipinski definition) is 2. The Bertz CT molecular complexity index is 200. The minimum absolute atomic E-state index is 0.0771. The first-order valence-electron chi connectivity index (χ1n) is 5.03. The van der Waals surface area contributed by atoms with Gasteiger partial charge in [-0.05, 0) is 12.5 Å². The Balaban J connectivity index is 2.42. The van der Waals surface area contributed by atoms with E-state index in [0.29, 0.717) is 6.61 Å². The third-order valence-corrected chi connectivity index (χ3v) is 2.36. The van der Waals surface area contributed by atoms with Gasteiger partial charge in [-0.3, -0.25) is 4.79 Å². The molecule has 0 aromatic rings. The summed E-state index contributed by atoms with van der Waals surface area (Å²) in [6, 6.07) is 0.0771.